The van der Waals surface area contributed by atoms with Gasteiger partial charge in [-0.2, -0.15) is 0 Å². The Morgan fingerprint density at radius 1 is 1.03 bits per heavy atom. The Hall–Kier alpha value is -2.89. The summed E-state index contributed by atoms with van der Waals surface area (Å²) in [5, 5.41) is 2.85. The second-order valence-electron chi connectivity index (χ2n) is 8.96. The van der Waals surface area contributed by atoms with Crippen LogP contribution in [0.5, 0.6) is 0 Å². The monoisotopic (exact) mass is 405 g/mol. The first-order valence-electron chi connectivity index (χ1n) is 10.9. The molecule has 2 fully saturated rings. The van der Waals surface area contributed by atoms with Gasteiger partial charge in [-0.3, -0.25) is 14.5 Å². The molecule has 156 valence electrons. The quantitative estimate of drug-likeness (QED) is 0.624. The fraction of sp³-hybridized carbons (Fsp3) is 0.458. The second kappa shape index (κ2) is 6.83. The molecule has 1 saturated heterocycles. The van der Waals surface area contributed by atoms with Gasteiger partial charge < -0.3 is 9.88 Å². The lowest BCUT2D eigenvalue weighted by Crippen LogP contribution is -2.44. The third-order valence-corrected chi connectivity index (χ3v) is 7.08. The van der Waals surface area contributed by atoms with E-state index in [1.54, 1.807) is 0 Å². The van der Waals surface area contributed by atoms with Gasteiger partial charge in [0.25, 0.3) is 5.91 Å². The summed E-state index contributed by atoms with van der Waals surface area (Å²) in [6.45, 7) is 3.71. The molecular formula is C24H27N3O3. The first kappa shape index (κ1) is 19.1. The van der Waals surface area contributed by atoms with Crippen LogP contribution in [0.2, 0.25) is 0 Å². The fourth-order valence-electron chi connectivity index (χ4n) is 5.51. The van der Waals surface area contributed by atoms with Gasteiger partial charge >= 0.3 is 6.03 Å². The van der Waals surface area contributed by atoms with Crippen LogP contribution in [0, 0.1) is 13.8 Å². The predicted octanol–water partition coefficient (Wildman–Crippen LogP) is 3.63. The van der Waals surface area contributed by atoms with Crippen LogP contribution < -0.4 is 5.32 Å². The smallest absolute Gasteiger partial charge is 0.323 e. The van der Waals surface area contributed by atoms with Gasteiger partial charge in [0.1, 0.15) is 5.54 Å². The van der Waals surface area contributed by atoms with Crippen molar-refractivity contribution in [1.82, 2.24) is 14.8 Å². The number of carbonyl (C=O) groups is 3. The van der Waals surface area contributed by atoms with E-state index in [1.807, 2.05) is 19.9 Å². The zero-order valence-electron chi connectivity index (χ0n) is 17.6. The van der Waals surface area contributed by atoms with Gasteiger partial charge in [-0.15, -0.1) is 0 Å². The molecule has 6 heteroatoms. The Morgan fingerprint density at radius 3 is 2.53 bits per heavy atom. The number of nitrogens with zero attached hydrogens (tertiary/aromatic N) is 2. The standard InChI is InChI=1S/C24H27N3O3/c1-15-12-20(16(2)27(15)19-9-8-17-6-5-7-18(17)13-19)21(28)14-26-22(29)24(25-23(26)30)10-3-4-11-24/h8-9,12-13H,3-7,10-11,14H2,1-2H3,(H,25,30). The molecule has 30 heavy (non-hydrogen) atoms. The number of benzene rings is 1. The van der Waals surface area contributed by atoms with E-state index in [-0.39, 0.29) is 18.2 Å². The van der Waals surface area contributed by atoms with Crippen LogP contribution in [-0.2, 0) is 17.6 Å². The lowest BCUT2D eigenvalue weighted by atomic mass is 9.98. The number of ketones is 1. The third-order valence-electron chi connectivity index (χ3n) is 7.08. The Bertz CT molecular complexity index is 1080. The average Bonchev–Trinajstić information content (AvgIpc) is 3.47. The van der Waals surface area contributed by atoms with Gasteiger partial charge in [-0.25, -0.2) is 4.79 Å². The normalized spacial score (nSPS) is 19.6. The van der Waals surface area contributed by atoms with Gasteiger partial charge in [-0.1, -0.05) is 18.9 Å². The first-order chi connectivity index (χ1) is 14.4. The minimum absolute atomic E-state index is 0.200. The molecule has 3 amide bonds. The summed E-state index contributed by atoms with van der Waals surface area (Å²) < 4.78 is 2.09. The zero-order chi connectivity index (χ0) is 21.0. The SMILES string of the molecule is Cc1cc(C(=O)CN2C(=O)NC3(CCCC3)C2=O)c(C)n1-c1ccc2c(c1)CCC2. The van der Waals surface area contributed by atoms with E-state index in [0.29, 0.717) is 18.4 Å². The van der Waals surface area contributed by atoms with Crippen molar-refractivity contribution in [2.75, 3.05) is 6.54 Å². The Morgan fingerprint density at radius 2 is 1.77 bits per heavy atom. The summed E-state index contributed by atoms with van der Waals surface area (Å²) in [6.07, 6.45) is 6.61. The minimum Gasteiger partial charge on any atom is -0.323 e. The molecule has 1 N–H and O–H groups in total. The van der Waals surface area contributed by atoms with Crippen molar-refractivity contribution < 1.29 is 14.4 Å². The summed E-state index contributed by atoms with van der Waals surface area (Å²) in [4.78, 5) is 39.5. The van der Waals surface area contributed by atoms with Crippen molar-refractivity contribution in [2.24, 2.45) is 0 Å². The van der Waals surface area contributed by atoms with E-state index in [1.165, 1.54) is 17.5 Å². The highest BCUT2D eigenvalue weighted by Crippen LogP contribution is 2.35. The maximum atomic E-state index is 13.1. The number of carbonyl (C=O) groups excluding carboxylic acids is 3. The van der Waals surface area contributed by atoms with Crippen molar-refractivity contribution >= 4 is 17.7 Å². The number of imide groups is 1. The van der Waals surface area contributed by atoms with Crippen LogP contribution >= 0.6 is 0 Å². The second-order valence-corrected chi connectivity index (χ2v) is 8.96. The predicted molar refractivity (Wildman–Crippen MR) is 113 cm³/mol. The van der Waals surface area contributed by atoms with Gasteiger partial charge in [0.2, 0.25) is 0 Å². The van der Waals surface area contributed by atoms with Crippen molar-refractivity contribution in [3.63, 3.8) is 0 Å². The molecule has 2 heterocycles. The van der Waals surface area contributed by atoms with E-state index in [2.05, 4.69) is 28.1 Å². The van der Waals surface area contributed by atoms with Gasteiger partial charge in [0.15, 0.2) is 5.78 Å². The molecule has 2 aliphatic carbocycles. The lowest BCUT2D eigenvalue weighted by Gasteiger charge is -2.19. The molecule has 1 aliphatic heterocycles. The van der Waals surface area contributed by atoms with Gasteiger partial charge in [-0.05, 0) is 75.3 Å². The van der Waals surface area contributed by atoms with Gasteiger partial charge in [0, 0.05) is 22.6 Å². The average molecular weight is 405 g/mol. The number of hydrogen-bond acceptors (Lipinski definition) is 3. The lowest BCUT2D eigenvalue weighted by molar-refractivity contribution is -0.130. The van der Waals surface area contributed by atoms with Crippen molar-refractivity contribution in [2.45, 2.75) is 64.3 Å². The number of urea groups is 1. The molecule has 1 spiro atoms. The zero-order valence-corrected chi connectivity index (χ0v) is 17.6. The van der Waals surface area contributed by atoms with E-state index < -0.39 is 11.6 Å². The van der Waals surface area contributed by atoms with E-state index >= 15 is 0 Å². The summed E-state index contributed by atoms with van der Waals surface area (Å²) in [6, 6.07) is 7.95. The molecule has 0 radical (unpaired) electrons. The number of amides is 3. The van der Waals surface area contributed by atoms with E-state index in [9.17, 15) is 14.4 Å². The number of fused-ring (bicyclic) bond motifs is 1. The van der Waals surface area contributed by atoms with Gasteiger partial charge in [0.05, 0.1) is 6.54 Å². The third kappa shape index (κ3) is 2.81. The van der Waals surface area contributed by atoms with Crippen molar-refractivity contribution in [3.8, 4) is 5.69 Å². The molecule has 1 aromatic heterocycles. The van der Waals surface area contributed by atoms with Crippen molar-refractivity contribution in [3.05, 3.63) is 52.3 Å². The molecule has 2 aromatic rings. The minimum atomic E-state index is -0.779. The number of hydrogen-bond donors (Lipinski definition) is 1. The largest absolute Gasteiger partial charge is 0.325 e. The molecule has 5 rings (SSSR count). The molecule has 0 bridgehead atoms. The summed E-state index contributed by atoms with van der Waals surface area (Å²) >= 11 is 0. The van der Waals surface area contributed by atoms with Crippen LogP contribution in [0.15, 0.2) is 24.3 Å². The highest BCUT2D eigenvalue weighted by Gasteiger charge is 2.52. The number of Topliss-reactive ketones (excluding diaryl/α,β-unsaturated/α-hetero) is 1. The van der Waals surface area contributed by atoms with Crippen molar-refractivity contribution in [1.29, 1.82) is 0 Å². The molecule has 1 aromatic carbocycles. The summed E-state index contributed by atoms with van der Waals surface area (Å²) in [7, 11) is 0. The molecule has 6 nitrogen and oxygen atoms in total. The van der Waals surface area contributed by atoms with Crippen LogP contribution in [0.4, 0.5) is 4.79 Å². The molecule has 3 aliphatic rings. The molecule has 0 atom stereocenters. The molecular weight excluding hydrogens is 378 g/mol. The molecule has 0 unspecified atom stereocenters. The summed E-state index contributed by atoms with van der Waals surface area (Å²) in [5.41, 5.74) is 5.46. The Kier molecular flexibility index (Phi) is 4.34. The highest BCUT2D eigenvalue weighted by atomic mass is 16.2. The first-order valence-corrected chi connectivity index (χ1v) is 10.9. The maximum Gasteiger partial charge on any atom is 0.325 e. The van der Waals surface area contributed by atoms with Crippen LogP contribution in [-0.4, -0.2) is 39.3 Å². The van der Waals surface area contributed by atoms with Crippen LogP contribution in [0.3, 0.4) is 0 Å². The van der Waals surface area contributed by atoms with Crippen LogP contribution in [0.25, 0.3) is 5.69 Å². The number of aryl methyl sites for hydroxylation is 3. The highest BCUT2D eigenvalue weighted by molar-refractivity contribution is 6.11. The number of rotatable bonds is 4. The fourth-order valence-corrected chi connectivity index (χ4v) is 5.51. The van der Waals surface area contributed by atoms with E-state index in [0.717, 1.165) is 47.7 Å². The Balaban J connectivity index is 1.41. The molecule has 1 saturated carbocycles. The number of aromatic nitrogens is 1. The Labute approximate surface area is 176 Å². The van der Waals surface area contributed by atoms with E-state index in [4.69, 9.17) is 0 Å². The maximum absolute atomic E-state index is 13.1. The van der Waals surface area contributed by atoms with Crippen LogP contribution in [0.1, 0.15) is 65.0 Å². The number of nitrogens with one attached hydrogen (secondary N) is 1. The summed E-state index contributed by atoms with van der Waals surface area (Å²) in [5.74, 6) is -0.445. The topological polar surface area (TPSA) is 71.4 Å².